The number of Topliss-reactive ketones (excluding diaryl/α,β-unsaturated/α-hetero) is 1. The lowest BCUT2D eigenvalue weighted by Crippen LogP contribution is -2.58. The van der Waals surface area contributed by atoms with Crippen LogP contribution in [-0.4, -0.2) is 98.8 Å². The van der Waals surface area contributed by atoms with Gasteiger partial charge in [0, 0.05) is 26.7 Å². The van der Waals surface area contributed by atoms with Gasteiger partial charge in [0.2, 0.25) is 17.7 Å². The van der Waals surface area contributed by atoms with Crippen LogP contribution in [0.5, 0.6) is 0 Å². The molecule has 3 N–H and O–H groups in total. The second kappa shape index (κ2) is 17.5. The van der Waals surface area contributed by atoms with E-state index < -0.39 is 35.5 Å². The Hall–Kier alpha value is -3.64. The van der Waals surface area contributed by atoms with Crippen LogP contribution >= 0.6 is 0 Å². The molecule has 4 atom stereocenters. The fraction of sp³-hybridized carbons (Fsp3) is 0.556. The third kappa shape index (κ3) is 11.5. The summed E-state index contributed by atoms with van der Waals surface area (Å²) in [5.41, 5.74) is 2.12. The highest BCUT2D eigenvalue weighted by atomic mass is 16.6. The molecule has 0 radical (unpaired) electrons. The largest absolute Gasteiger partial charge is 0.382 e. The SMILES string of the molecule is COCC(NC(=O)C(CCc1ccccc1)NC(=O)Cc1ccc(CN2CCOCC2)cc1)C(=O)NC(CC(C)C)C(=O)C1(C)CO1. The van der Waals surface area contributed by atoms with E-state index in [0.717, 1.165) is 49.5 Å². The highest BCUT2D eigenvalue weighted by molar-refractivity contribution is 5.98. The topological polar surface area (TPSA) is 139 Å². The fourth-order valence-electron chi connectivity index (χ4n) is 5.65. The van der Waals surface area contributed by atoms with E-state index >= 15 is 0 Å². The molecule has 2 heterocycles. The lowest BCUT2D eigenvalue weighted by molar-refractivity contribution is -0.135. The van der Waals surface area contributed by atoms with E-state index in [0.29, 0.717) is 25.9 Å². The Morgan fingerprint density at radius 3 is 2.09 bits per heavy atom. The van der Waals surface area contributed by atoms with Crippen molar-refractivity contribution in [1.82, 2.24) is 20.9 Å². The van der Waals surface area contributed by atoms with Crippen molar-refractivity contribution >= 4 is 23.5 Å². The summed E-state index contributed by atoms with van der Waals surface area (Å²) in [6.07, 6.45) is 1.40. The van der Waals surface area contributed by atoms with Crippen molar-refractivity contribution in [2.24, 2.45) is 5.92 Å². The zero-order valence-corrected chi connectivity index (χ0v) is 28.1. The zero-order valence-electron chi connectivity index (χ0n) is 28.1. The third-order valence-corrected chi connectivity index (χ3v) is 8.52. The van der Waals surface area contributed by atoms with Crippen LogP contribution in [0, 0.1) is 5.92 Å². The summed E-state index contributed by atoms with van der Waals surface area (Å²) in [5, 5.41) is 8.50. The molecule has 11 heteroatoms. The van der Waals surface area contributed by atoms with Crippen molar-refractivity contribution in [2.45, 2.75) is 76.7 Å². The minimum absolute atomic E-state index is 0.106. The van der Waals surface area contributed by atoms with E-state index in [2.05, 4.69) is 20.9 Å². The van der Waals surface area contributed by atoms with Gasteiger partial charge in [0.15, 0.2) is 5.78 Å². The summed E-state index contributed by atoms with van der Waals surface area (Å²) in [7, 11) is 1.43. The molecular formula is C36H50N4O7. The Balaban J connectivity index is 1.40. The number of ether oxygens (including phenoxy) is 3. The quantitative estimate of drug-likeness (QED) is 0.209. The molecule has 2 fully saturated rings. The first-order valence-corrected chi connectivity index (χ1v) is 16.6. The number of epoxide rings is 1. The minimum atomic E-state index is -1.07. The van der Waals surface area contributed by atoms with Crippen LogP contribution < -0.4 is 16.0 Å². The molecule has 4 rings (SSSR count). The summed E-state index contributed by atoms with van der Waals surface area (Å²) in [6.45, 7) is 9.95. The van der Waals surface area contributed by atoms with Gasteiger partial charge in [0.25, 0.3) is 0 Å². The van der Waals surface area contributed by atoms with Gasteiger partial charge in [-0.15, -0.1) is 0 Å². The average Bonchev–Trinajstić information content (AvgIpc) is 3.81. The lowest BCUT2D eigenvalue weighted by atomic mass is 9.93. The molecule has 4 unspecified atom stereocenters. The molecule has 3 amide bonds. The normalized spacial score (nSPS) is 19.8. The number of amides is 3. The molecule has 2 aromatic rings. The number of nitrogens with zero attached hydrogens (tertiary/aromatic N) is 1. The van der Waals surface area contributed by atoms with Gasteiger partial charge in [-0.05, 0) is 48.8 Å². The maximum atomic E-state index is 13.7. The number of benzene rings is 2. The number of rotatable bonds is 18. The van der Waals surface area contributed by atoms with Gasteiger partial charge >= 0.3 is 0 Å². The number of methoxy groups -OCH3 is 1. The zero-order chi connectivity index (χ0) is 33.8. The molecule has 256 valence electrons. The number of aryl methyl sites for hydroxylation is 1. The standard InChI is InChI=1S/C36H50N4O7/c1-25(2)20-30(33(42)36(3)24-47-36)38-35(44)31(23-45-4)39-34(43)29(15-14-26-8-6-5-7-9-26)37-32(41)21-27-10-12-28(13-11-27)22-40-16-18-46-19-17-40/h5-13,25,29-31H,14-24H2,1-4H3,(H,37,41)(H,38,44)(H,39,43). The first kappa shape index (κ1) is 36.2. The number of morpholine rings is 1. The Labute approximate surface area is 278 Å². The van der Waals surface area contributed by atoms with Crippen LogP contribution in [0.1, 0.15) is 50.3 Å². The Kier molecular flexibility index (Phi) is 13.5. The lowest BCUT2D eigenvalue weighted by Gasteiger charge is -2.26. The number of hydrogen-bond acceptors (Lipinski definition) is 8. The van der Waals surface area contributed by atoms with Crippen LogP contribution in [0.2, 0.25) is 0 Å². The van der Waals surface area contributed by atoms with E-state index in [1.54, 1.807) is 6.92 Å². The molecule has 0 spiro atoms. The molecular weight excluding hydrogens is 600 g/mol. The molecule has 47 heavy (non-hydrogen) atoms. The van der Waals surface area contributed by atoms with Gasteiger partial charge in [0.05, 0.1) is 38.9 Å². The molecule has 0 aliphatic carbocycles. The molecule has 0 bridgehead atoms. The molecule has 2 aliphatic heterocycles. The second-order valence-corrected chi connectivity index (χ2v) is 13.1. The Bertz CT molecular complexity index is 1320. The maximum Gasteiger partial charge on any atom is 0.245 e. The van der Waals surface area contributed by atoms with Gasteiger partial charge in [-0.1, -0.05) is 68.4 Å². The van der Waals surface area contributed by atoms with Gasteiger partial charge in [-0.2, -0.15) is 0 Å². The molecule has 2 saturated heterocycles. The predicted molar refractivity (Wildman–Crippen MR) is 177 cm³/mol. The molecule has 2 aliphatic rings. The summed E-state index contributed by atoms with van der Waals surface area (Å²) in [4.78, 5) is 55.8. The van der Waals surface area contributed by atoms with Crippen LogP contribution in [0.15, 0.2) is 54.6 Å². The van der Waals surface area contributed by atoms with Crippen molar-refractivity contribution < 1.29 is 33.4 Å². The van der Waals surface area contributed by atoms with Crippen LogP contribution in [-0.2, 0) is 52.8 Å². The number of hydrogen-bond donors (Lipinski definition) is 3. The van der Waals surface area contributed by atoms with E-state index in [1.165, 1.54) is 7.11 Å². The summed E-state index contributed by atoms with van der Waals surface area (Å²) in [5.74, 6) is -1.39. The highest BCUT2D eigenvalue weighted by Gasteiger charge is 2.50. The molecule has 11 nitrogen and oxygen atoms in total. The maximum absolute atomic E-state index is 13.7. The van der Waals surface area contributed by atoms with Gasteiger partial charge in [-0.25, -0.2) is 0 Å². The Morgan fingerprint density at radius 2 is 1.47 bits per heavy atom. The average molecular weight is 651 g/mol. The fourth-order valence-corrected chi connectivity index (χ4v) is 5.65. The number of nitrogens with one attached hydrogen (secondary N) is 3. The molecule has 0 saturated carbocycles. The second-order valence-electron chi connectivity index (χ2n) is 13.1. The van der Waals surface area contributed by atoms with Crippen molar-refractivity contribution in [2.75, 3.05) is 46.6 Å². The summed E-state index contributed by atoms with van der Waals surface area (Å²) >= 11 is 0. The van der Waals surface area contributed by atoms with Gasteiger partial charge in [-0.3, -0.25) is 24.1 Å². The number of ketones is 1. The summed E-state index contributed by atoms with van der Waals surface area (Å²) in [6, 6.07) is 14.9. The molecule has 0 aromatic heterocycles. The van der Waals surface area contributed by atoms with Gasteiger partial charge in [0.1, 0.15) is 17.7 Å². The Morgan fingerprint density at radius 1 is 0.851 bits per heavy atom. The van der Waals surface area contributed by atoms with E-state index in [4.69, 9.17) is 14.2 Å². The van der Waals surface area contributed by atoms with Crippen molar-refractivity contribution in [3.63, 3.8) is 0 Å². The summed E-state index contributed by atoms with van der Waals surface area (Å²) < 4.78 is 16.0. The minimum Gasteiger partial charge on any atom is -0.382 e. The van der Waals surface area contributed by atoms with Crippen LogP contribution in [0.25, 0.3) is 0 Å². The van der Waals surface area contributed by atoms with Crippen molar-refractivity contribution in [3.05, 3.63) is 71.3 Å². The highest BCUT2D eigenvalue weighted by Crippen LogP contribution is 2.29. The van der Waals surface area contributed by atoms with Gasteiger partial charge < -0.3 is 30.2 Å². The van der Waals surface area contributed by atoms with E-state index in [1.807, 2.05) is 68.4 Å². The van der Waals surface area contributed by atoms with E-state index in [-0.39, 0.29) is 30.6 Å². The van der Waals surface area contributed by atoms with Crippen LogP contribution in [0.3, 0.4) is 0 Å². The third-order valence-electron chi connectivity index (χ3n) is 8.52. The number of carbonyl (C=O) groups is 4. The van der Waals surface area contributed by atoms with Crippen LogP contribution in [0.4, 0.5) is 0 Å². The predicted octanol–water partition coefficient (Wildman–Crippen LogP) is 2.20. The van der Waals surface area contributed by atoms with E-state index in [9.17, 15) is 19.2 Å². The monoisotopic (exact) mass is 650 g/mol. The van der Waals surface area contributed by atoms with Crippen molar-refractivity contribution in [1.29, 1.82) is 0 Å². The smallest absolute Gasteiger partial charge is 0.245 e. The first-order valence-electron chi connectivity index (χ1n) is 16.6. The first-order chi connectivity index (χ1) is 22.6. The molecule has 2 aromatic carbocycles. The number of carbonyl (C=O) groups excluding carboxylic acids is 4. The van der Waals surface area contributed by atoms with Crippen molar-refractivity contribution in [3.8, 4) is 0 Å².